The number of carbonyl (C=O) groups excluding carboxylic acids is 2. The van der Waals surface area contributed by atoms with Gasteiger partial charge in [-0.3, -0.25) is 9.59 Å². The zero-order chi connectivity index (χ0) is 24.9. The number of carboxylic acid groups (broad SMARTS) is 1. The maximum atomic E-state index is 12.9. The zero-order valence-electron chi connectivity index (χ0n) is 18.5. The molecule has 0 saturated heterocycles. The molecule has 1 aliphatic carbocycles. The first-order valence-corrected chi connectivity index (χ1v) is 12.8. The molecule has 0 heterocycles. The predicted molar refractivity (Wildman–Crippen MR) is 144 cm³/mol. The van der Waals surface area contributed by atoms with E-state index in [9.17, 15) is 14.4 Å². The first-order chi connectivity index (χ1) is 16.8. The molecule has 35 heavy (non-hydrogen) atoms. The number of ether oxygens (including phenoxy) is 1. The number of alkyl carbamates (subject to hydrolysis) is 1. The molecule has 9 heteroatoms. The molecular formula is C26H22BrIN2O5. The van der Waals surface area contributed by atoms with Crippen LogP contribution in [-0.2, 0) is 14.3 Å². The van der Waals surface area contributed by atoms with Crippen molar-refractivity contribution in [2.24, 2.45) is 0 Å². The van der Waals surface area contributed by atoms with E-state index in [4.69, 9.17) is 9.84 Å². The first kappa shape index (κ1) is 25.2. The molecular weight excluding hydrogens is 627 g/mol. The summed E-state index contributed by atoms with van der Waals surface area (Å²) in [6.07, 6.45) is -1.13. The van der Waals surface area contributed by atoms with Crippen LogP contribution < -0.4 is 10.6 Å². The third-order valence-electron chi connectivity index (χ3n) is 5.79. The molecule has 1 aliphatic rings. The highest BCUT2D eigenvalue weighted by Crippen LogP contribution is 2.44. The van der Waals surface area contributed by atoms with Gasteiger partial charge in [-0.05, 0) is 85.4 Å². The van der Waals surface area contributed by atoms with Gasteiger partial charge < -0.3 is 20.5 Å². The monoisotopic (exact) mass is 648 g/mol. The lowest BCUT2D eigenvalue weighted by Gasteiger charge is -2.19. The molecule has 0 aromatic heterocycles. The smallest absolute Gasteiger partial charge is 0.407 e. The van der Waals surface area contributed by atoms with Crippen LogP contribution in [0.4, 0.5) is 10.5 Å². The Kier molecular flexibility index (Phi) is 8.07. The van der Waals surface area contributed by atoms with E-state index < -0.39 is 24.0 Å². The van der Waals surface area contributed by atoms with E-state index in [-0.39, 0.29) is 25.4 Å². The Bertz CT molecular complexity index is 1240. The number of nitrogens with one attached hydrogen (secondary N) is 2. The second-order valence-corrected chi connectivity index (χ2v) is 10.1. The summed E-state index contributed by atoms with van der Waals surface area (Å²) in [5.41, 5.74) is 4.90. The Balaban J connectivity index is 1.43. The maximum absolute atomic E-state index is 12.9. The van der Waals surface area contributed by atoms with Gasteiger partial charge in [-0.1, -0.05) is 48.5 Å². The van der Waals surface area contributed by atoms with Crippen LogP contribution in [0.1, 0.15) is 29.9 Å². The van der Waals surface area contributed by atoms with Crippen molar-refractivity contribution in [2.75, 3.05) is 11.9 Å². The normalized spacial score (nSPS) is 12.9. The molecule has 7 nitrogen and oxygen atoms in total. The summed E-state index contributed by atoms with van der Waals surface area (Å²) < 4.78 is 7.31. The van der Waals surface area contributed by atoms with Gasteiger partial charge in [0.2, 0.25) is 5.91 Å². The second kappa shape index (κ2) is 11.2. The van der Waals surface area contributed by atoms with Gasteiger partial charge in [-0.2, -0.15) is 0 Å². The molecule has 3 aromatic rings. The SMILES string of the molecule is O=C(O)CCC(NC(=O)OCC1c2ccccc2-c2ccccc21)C(=O)Nc1ccc(I)c(Br)c1. The van der Waals surface area contributed by atoms with E-state index in [0.29, 0.717) is 5.69 Å². The minimum atomic E-state index is -1.07. The van der Waals surface area contributed by atoms with Crippen molar-refractivity contribution >= 4 is 62.2 Å². The van der Waals surface area contributed by atoms with E-state index in [1.54, 1.807) is 12.1 Å². The average Bonchev–Trinajstić information content (AvgIpc) is 3.16. The van der Waals surface area contributed by atoms with Gasteiger partial charge in [0.25, 0.3) is 0 Å². The fourth-order valence-electron chi connectivity index (χ4n) is 4.12. The molecule has 4 rings (SSSR count). The maximum Gasteiger partial charge on any atom is 0.407 e. The lowest BCUT2D eigenvalue weighted by atomic mass is 9.98. The fraction of sp³-hybridized carbons (Fsp3) is 0.192. The number of fused-ring (bicyclic) bond motifs is 3. The summed E-state index contributed by atoms with van der Waals surface area (Å²) in [7, 11) is 0. The van der Waals surface area contributed by atoms with E-state index in [0.717, 1.165) is 30.3 Å². The lowest BCUT2D eigenvalue weighted by molar-refractivity contribution is -0.137. The van der Waals surface area contributed by atoms with Gasteiger partial charge in [0, 0.05) is 26.1 Å². The van der Waals surface area contributed by atoms with Crippen molar-refractivity contribution in [1.29, 1.82) is 0 Å². The van der Waals surface area contributed by atoms with Crippen LogP contribution in [0.15, 0.2) is 71.2 Å². The molecule has 0 radical (unpaired) electrons. The number of carboxylic acids is 1. The number of hydrogen-bond donors (Lipinski definition) is 3. The summed E-state index contributed by atoms with van der Waals surface area (Å²) in [5, 5.41) is 14.4. The number of amides is 2. The number of aliphatic carboxylic acids is 1. The number of hydrogen-bond acceptors (Lipinski definition) is 4. The van der Waals surface area contributed by atoms with Crippen molar-refractivity contribution in [2.45, 2.75) is 24.8 Å². The van der Waals surface area contributed by atoms with Crippen LogP contribution in [0, 0.1) is 3.57 Å². The summed E-state index contributed by atoms with van der Waals surface area (Å²) in [6.45, 7) is 0.0944. The Hall–Kier alpha value is -2.92. The van der Waals surface area contributed by atoms with Crippen LogP contribution in [0.3, 0.4) is 0 Å². The molecule has 0 aliphatic heterocycles. The molecule has 180 valence electrons. The molecule has 1 atom stereocenters. The summed E-state index contributed by atoms with van der Waals surface area (Å²) >= 11 is 5.56. The molecule has 3 aromatic carbocycles. The molecule has 2 amide bonds. The third kappa shape index (κ3) is 6.02. The molecule has 0 spiro atoms. The highest BCUT2D eigenvalue weighted by molar-refractivity contribution is 14.1. The van der Waals surface area contributed by atoms with E-state index in [1.807, 2.05) is 54.6 Å². The molecule has 0 fully saturated rings. The Morgan fingerprint density at radius 2 is 1.63 bits per heavy atom. The Labute approximate surface area is 224 Å². The quantitative estimate of drug-likeness (QED) is 0.269. The molecule has 1 unspecified atom stereocenters. The minimum Gasteiger partial charge on any atom is -0.481 e. The van der Waals surface area contributed by atoms with Crippen molar-refractivity contribution in [3.63, 3.8) is 0 Å². The minimum absolute atomic E-state index is 0.0725. The van der Waals surface area contributed by atoms with E-state index in [1.165, 1.54) is 0 Å². The number of anilines is 1. The van der Waals surface area contributed by atoms with Gasteiger partial charge in [0.05, 0.1) is 0 Å². The molecule has 0 bridgehead atoms. The summed E-state index contributed by atoms with van der Waals surface area (Å²) in [6, 6.07) is 20.2. The van der Waals surface area contributed by atoms with Crippen LogP contribution in [0.2, 0.25) is 0 Å². The third-order valence-corrected chi connectivity index (χ3v) is 8.12. The van der Waals surface area contributed by atoms with E-state index >= 15 is 0 Å². The van der Waals surface area contributed by atoms with Crippen LogP contribution in [0.5, 0.6) is 0 Å². The summed E-state index contributed by atoms with van der Waals surface area (Å²) in [4.78, 5) is 36.6. The number of benzene rings is 3. The topological polar surface area (TPSA) is 105 Å². The zero-order valence-corrected chi connectivity index (χ0v) is 22.2. The van der Waals surface area contributed by atoms with E-state index in [2.05, 4.69) is 49.2 Å². The standard InChI is InChI=1S/C26H22BrIN2O5/c27-21-13-15(9-10-22(21)28)29-25(33)23(11-12-24(31)32)30-26(34)35-14-20-18-7-3-1-5-16(18)17-6-2-4-8-19(17)20/h1-10,13,20,23H,11-12,14H2,(H,29,33)(H,30,34)(H,31,32). The molecule has 3 N–H and O–H groups in total. The van der Waals surface area contributed by atoms with Gasteiger partial charge in [-0.15, -0.1) is 0 Å². The lowest BCUT2D eigenvalue weighted by Crippen LogP contribution is -2.44. The second-order valence-electron chi connectivity index (χ2n) is 8.07. The highest BCUT2D eigenvalue weighted by Gasteiger charge is 2.30. The van der Waals surface area contributed by atoms with Crippen molar-refractivity contribution in [3.05, 3.63) is 85.9 Å². The van der Waals surface area contributed by atoms with Crippen molar-refractivity contribution in [1.82, 2.24) is 5.32 Å². The number of rotatable bonds is 8. The first-order valence-electron chi connectivity index (χ1n) is 10.9. The van der Waals surface area contributed by atoms with Crippen LogP contribution in [-0.4, -0.2) is 35.7 Å². The van der Waals surface area contributed by atoms with Crippen LogP contribution >= 0.6 is 38.5 Å². The Morgan fingerprint density at radius 1 is 1.00 bits per heavy atom. The van der Waals surface area contributed by atoms with Crippen molar-refractivity contribution in [3.8, 4) is 11.1 Å². The van der Waals surface area contributed by atoms with Crippen LogP contribution in [0.25, 0.3) is 11.1 Å². The highest BCUT2D eigenvalue weighted by atomic mass is 127. The largest absolute Gasteiger partial charge is 0.481 e. The Morgan fingerprint density at radius 3 is 2.23 bits per heavy atom. The van der Waals surface area contributed by atoms with Gasteiger partial charge in [0.1, 0.15) is 12.6 Å². The van der Waals surface area contributed by atoms with Gasteiger partial charge in [0.15, 0.2) is 0 Å². The average molecular weight is 649 g/mol. The molecule has 0 saturated carbocycles. The number of carbonyl (C=O) groups is 3. The summed E-state index contributed by atoms with van der Waals surface area (Å²) in [5.74, 6) is -1.70. The fourth-order valence-corrected chi connectivity index (χ4v) is 4.84. The van der Waals surface area contributed by atoms with Gasteiger partial charge >= 0.3 is 12.1 Å². The predicted octanol–water partition coefficient (Wildman–Crippen LogP) is 5.76. The van der Waals surface area contributed by atoms with Gasteiger partial charge in [-0.25, -0.2) is 4.79 Å². The number of halogens is 2. The van der Waals surface area contributed by atoms with Crippen molar-refractivity contribution < 1.29 is 24.2 Å².